The van der Waals surface area contributed by atoms with Crippen LogP contribution in [-0.2, 0) is 10.0 Å². The van der Waals surface area contributed by atoms with Crippen LogP contribution in [0, 0.1) is 0 Å². The first-order valence-corrected chi connectivity index (χ1v) is 4.70. The summed E-state index contributed by atoms with van der Waals surface area (Å²) in [5, 5.41) is -1.27. The molecule has 0 saturated carbocycles. The summed E-state index contributed by atoms with van der Waals surface area (Å²) in [6, 6.07) is 0. The molecule has 1 amide bonds. The molecule has 0 fully saturated rings. The number of carbonyl (C=O) groups excluding carboxylic acids is 1. The van der Waals surface area contributed by atoms with Gasteiger partial charge in [0.1, 0.15) is 0 Å². The zero-order chi connectivity index (χ0) is 9.19. The summed E-state index contributed by atoms with van der Waals surface area (Å²) in [6.45, 7) is 0. The fourth-order valence-corrected chi connectivity index (χ4v) is 1.67. The number of sulfonamides is 1. The first kappa shape index (κ1) is 9.07. The number of hydrogen-bond acceptors (Lipinski definition) is 4. The van der Waals surface area contributed by atoms with Gasteiger partial charge in [-0.15, -0.1) is 0 Å². The van der Waals surface area contributed by atoms with Crippen LogP contribution in [0.4, 0.5) is 4.79 Å². The van der Waals surface area contributed by atoms with Gasteiger partial charge in [0.25, 0.3) is 15.3 Å². The minimum Gasteiger partial charge on any atom is -0.334 e. The van der Waals surface area contributed by atoms with Crippen LogP contribution in [0.25, 0.3) is 0 Å². The minimum absolute atomic E-state index is 0.315. The highest BCUT2D eigenvalue weighted by Crippen LogP contribution is 1.99. The summed E-state index contributed by atoms with van der Waals surface area (Å²) >= 11 is 3.25. The van der Waals surface area contributed by atoms with Gasteiger partial charge in [0.2, 0.25) is 5.16 Å². The third kappa shape index (κ3) is 1.98. The number of amides is 1. The molecule has 12 heavy (non-hydrogen) atoms. The summed E-state index contributed by atoms with van der Waals surface area (Å²) in [5.41, 5.74) is 0. The van der Waals surface area contributed by atoms with Crippen molar-refractivity contribution in [1.82, 2.24) is 14.7 Å². The van der Waals surface area contributed by atoms with Gasteiger partial charge in [0, 0.05) is 12.4 Å². The Bertz CT molecular complexity index is 368. The van der Waals surface area contributed by atoms with Crippen molar-refractivity contribution in [2.75, 3.05) is 0 Å². The molecule has 0 spiro atoms. The lowest BCUT2D eigenvalue weighted by molar-refractivity contribution is 0.265. The number of thiol groups is 1. The van der Waals surface area contributed by atoms with Gasteiger partial charge >= 0.3 is 0 Å². The highest BCUT2D eigenvalue weighted by molar-refractivity contribution is 7.99. The molecule has 0 radical (unpaired) electrons. The standard InChI is InChI=1S/C4H5N3O3S2/c8-4(11)7-12(9,10)3-5-1-2-6-3/h1-2H,(H,5,6)(H2,7,8,11). The molecule has 1 rings (SSSR count). The molecular weight excluding hydrogens is 202 g/mol. The Kier molecular flexibility index (Phi) is 2.38. The lowest BCUT2D eigenvalue weighted by Crippen LogP contribution is -2.26. The molecule has 0 unspecified atom stereocenters. The molecule has 0 aliphatic rings. The summed E-state index contributed by atoms with van der Waals surface area (Å²) in [7, 11) is -3.86. The molecule has 2 N–H and O–H groups in total. The minimum atomic E-state index is -3.86. The highest BCUT2D eigenvalue weighted by atomic mass is 32.2. The van der Waals surface area contributed by atoms with E-state index in [0.717, 1.165) is 0 Å². The van der Waals surface area contributed by atoms with E-state index in [9.17, 15) is 13.2 Å². The van der Waals surface area contributed by atoms with E-state index in [1.165, 1.54) is 12.4 Å². The molecule has 0 saturated heterocycles. The van der Waals surface area contributed by atoms with E-state index in [1.807, 2.05) is 0 Å². The molecule has 1 heterocycles. The second kappa shape index (κ2) is 3.15. The van der Waals surface area contributed by atoms with Crippen molar-refractivity contribution in [2.45, 2.75) is 5.16 Å². The normalized spacial score (nSPS) is 11.1. The molecule has 1 aromatic rings. The van der Waals surface area contributed by atoms with Gasteiger partial charge in [-0.25, -0.2) is 9.71 Å². The van der Waals surface area contributed by atoms with Gasteiger partial charge in [-0.3, -0.25) is 4.79 Å². The summed E-state index contributed by atoms with van der Waals surface area (Å²) in [5.74, 6) is 0. The van der Waals surface area contributed by atoms with E-state index < -0.39 is 15.3 Å². The number of nitrogens with zero attached hydrogens (tertiary/aromatic N) is 1. The number of rotatable bonds is 2. The van der Waals surface area contributed by atoms with Crippen molar-refractivity contribution in [3.8, 4) is 0 Å². The van der Waals surface area contributed by atoms with Gasteiger partial charge < -0.3 is 4.98 Å². The second-order valence-electron chi connectivity index (χ2n) is 1.80. The van der Waals surface area contributed by atoms with Crippen molar-refractivity contribution in [3.05, 3.63) is 12.4 Å². The zero-order valence-corrected chi connectivity index (χ0v) is 7.39. The van der Waals surface area contributed by atoms with Gasteiger partial charge in [-0.2, -0.15) is 8.42 Å². The van der Waals surface area contributed by atoms with Crippen LogP contribution < -0.4 is 4.72 Å². The predicted molar refractivity (Wildman–Crippen MR) is 43.3 cm³/mol. The Labute approximate surface area is 73.9 Å². The largest absolute Gasteiger partial charge is 0.334 e. The Morgan fingerprint density at radius 3 is 2.75 bits per heavy atom. The average Bonchev–Trinajstić information content (AvgIpc) is 2.32. The SMILES string of the molecule is O=C(S)NS(=O)(=O)c1ncc[nH]1. The van der Waals surface area contributed by atoms with Crippen LogP contribution in [-0.4, -0.2) is 23.6 Å². The molecule has 1 aromatic heterocycles. The third-order valence-corrected chi connectivity index (χ3v) is 2.40. The topological polar surface area (TPSA) is 91.9 Å². The number of imidazole rings is 1. The molecule has 0 bridgehead atoms. The van der Waals surface area contributed by atoms with Gasteiger partial charge in [-0.05, 0) is 0 Å². The Balaban J connectivity index is 2.96. The Morgan fingerprint density at radius 2 is 2.33 bits per heavy atom. The summed E-state index contributed by atoms with van der Waals surface area (Å²) in [4.78, 5) is 16.1. The molecule has 0 aliphatic carbocycles. The number of H-pyrrole nitrogens is 1. The molecular formula is C4H5N3O3S2. The van der Waals surface area contributed by atoms with Crippen molar-refractivity contribution in [1.29, 1.82) is 0 Å². The van der Waals surface area contributed by atoms with E-state index in [4.69, 9.17) is 0 Å². The predicted octanol–water partition coefficient (Wildman–Crippen LogP) is -0.262. The van der Waals surface area contributed by atoms with Gasteiger partial charge in [0.15, 0.2) is 0 Å². The van der Waals surface area contributed by atoms with Crippen LogP contribution in [0.3, 0.4) is 0 Å². The quantitative estimate of drug-likeness (QED) is 0.582. The summed E-state index contributed by atoms with van der Waals surface area (Å²) < 4.78 is 23.7. The zero-order valence-electron chi connectivity index (χ0n) is 5.68. The fraction of sp³-hybridized carbons (Fsp3) is 0. The van der Waals surface area contributed by atoms with Crippen LogP contribution in [0.2, 0.25) is 0 Å². The van der Waals surface area contributed by atoms with E-state index in [2.05, 4.69) is 22.6 Å². The molecule has 0 aliphatic heterocycles. The maximum atomic E-state index is 11.0. The van der Waals surface area contributed by atoms with Crippen LogP contribution in [0.15, 0.2) is 17.6 Å². The molecule has 0 aromatic carbocycles. The van der Waals surface area contributed by atoms with E-state index in [-0.39, 0.29) is 5.16 Å². The Hall–Kier alpha value is -1.02. The Morgan fingerprint density at radius 1 is 1.67 bits per heavy atom. The van der Waals surface area contributed by atoms with Crippen LogP contribution in [0.1, 0.15) is 0 Å². The fourth-order valence-electron chi connectivity index (χ4n) is 0.561. The van der Waals surface area contributed by atoms with Crippen LogP contribution in [0.5, 0.6) is 0 Å². The number of hydrogen-bond donors (Lipinski definition) is 3. The monoisotopic (exact) mass is 207 g/mol. The first-order chi connectivity index (χ1) is 5.52. The maximum Gasteiger partial charge on any atom is 0.298 e. The van der Waals surface area contributed by atoms with E-state index >= 15 is 0 Å². The maximum absolute atomic E-state index is 11.0. The summed E-state index contributed by atoms with van der Waals surface area (Å²) in [6.07, 6.45) is 2.59. The number of aromatic nitrogens is 2. The van der Waals surface area contributed by atoms with Crippen molar-refractivity contribution < 1.29 is 13.2 Å². The number of carbonyl (C=O) groups is 1. The van der Waals surface area contributed by atoms with Crippen LogP contribution >= 0.6 is 12.6 Å². The number of aromatic amines is 1. The average molecular weight is 207 g/mol. The lowest BCUT2D eigenvalue weighted by Gasteiger charge is -1.98. The molecule has 0 atom stereocenters. The molecule has 66 valence electrons. The number of nitrogens with one attached hydrogen (secondary N) is 2. The molecule has 8 heteroatoms. The van der Waals surface area contributed by atoms with Crippen molar-refractivity contribution in [2.24, 2.45) is 0 Å². The van der Waals surface area contributed by atoms with Crippen molar-refractivity contribution >= 4 is 27.9 Å². The van der Waals surface area contributed by atoms with Gasteiger partial charge in [0.05, 0.1) is 0 Å². The van der Waals surface area contributed by atoms with E-state index in [0.29, 0.717) is 0 Å². The van der Waals surface area contributed by atoms with Gasteiger partial charge in [-0.1, -0.05) is 12.6 Å². The molecule has 6 nitrogen and oxygen atoms in total. The smallest absolute Gasteiger partial charge is 0.298 e. The van der Waals surface area contributed by atoms with Crippen molar-refractivity contribution in [3.63, 3.8) is 0 Å². The second-order valence-corrected chi connectivity index (χ2v) is 3.81. The van der Waals surface area contributed by atoms with E-state index in [1.54, 1.807) is 4.72 Å². The lowest BCUT2D eigenvalue weighted by atomic mass is 11.0. The third-order valence-electron chi connectivity index (χ3n) is 0.949. The first-order valence-electron chi connectivity index (χ1n) is 2.77. The highest BCUT2D eigenvalue weighted by Gasteiger charge is 2.17.